The first-order valence-electron chi connectivity index (χ1n) is 6.08. The molecule has 0 saturated carbocycles. The van der Waals surface area contributed by atoms with E-state index in [4.69, 9.17) is 0 Å². The van der Waals surface area contributed by atoms with Gasteiger partial charge in [0, 0.05) is 6.07 Å². The van der Waals surface area contributed by atoms with Crippen LogP contribution in [0.25, 0.3) is 11.1 Å². The molecule has 0 radical (unpaired) electrons. The average molecular weight is 257 g/mol. The Kier molecular flexibility index (Phi) is 3.51. The summed E-state index contributed by atoms with van der Waals surface area (Å²) in [4.78, 5) is 10.7. The minimum absolute atomic E-state index is 0.0673. The molecule has 0 bridgehead atoms. The van der Waals surface area contributed by atoms with E-state index in [-0.39, 0.29) is 22.9 Å². The number of benzene rings is 2. The van der Waals surface area contributed by atoms with Crippen LogP contribution in [0.1, 0.15) is 25.3 Å². The summed E-state index contributed by atoms with van der Waals surface area (Å²) in [5.74, 6) is 0.151. The van der Waals surface area contributed by atoms with Crippen molar-refractivity contribution in [3.05, 3.63) is 58.1 Å². The zero-order valence-electron chi connectivity index (χ0n) is 10.8. The molecule has 0 heterocycles. The van der Waals surface area contributed by atoms with E-state index in [1.165, 1.54) is 18.2 Å². The summed E-state index contributed by atoms with van der Waals surface area (Å²) < 4.78 is 0. The van der Waals surface area contributed by atoms with Crippen molar-refractivity contribution >= 4 is 5.69 Å². The molecule has 19 heavy (non-hydrogen) atoms. The third-order valence-corrected chi connectivity index (χ3v) is 3.07. The lowest BCUT2D eigenvalue weighted by Crippen LogP contribution is -1.96. The van der Waals surface area contributed by atoms with Crippen molar-refractivity contribution in [3.8, 4) is 16.9 Å². The monoisotopic (exact) mass is 257 g/mol. The SMILES string of the molecule is CC(C)c1ccccc1-c1c(O)cccc1[N+](=O)[O-]. The molecule has 1 N–H and O–H groups in total. The van der Waals surface area contributed by atoms with Crippen LogP contribution < -0.4 is 0 Å². The molecule has 0 fully saturated rings. The summed E-state index contributed by atoms with van der Waals surface area (Å²) in [6.45, 7) is 4.04. The quantitative estimate of drug-likeness (QED) is 0.665. The fourth-order valence-electron chi connectivity index (χ4n) is 2.18. The van der Waals surface area contributed by atoms with E-state index in [1.807, 2.05) is 32.0 Å². The molecule has 0 aromatic heterocycles. The standard InChI is InChI=1S/C15H15NO3/c1-10(2)11-6-3-4-7-12(11)15-13(16(18)19)8-5-9-14(15)17/h3-10,17H,1-2H3. The second kappa shape index (κ2) is 5.10. The Bertz CT molecular complexity index is 621. The number of hydrogen-bond acceptors (Lipinski definition) is 3. The Morgan fingerprint density at radius 3 is 2.42 bits per heavy atom. The van der Waals surface area contributed by atoms with Gasteiger partial charge in [-0.2, -0.15) is 0 Å². The van der Waals surface area contributed by atoms with Gasteiger partial charge in [-0.15, -0.1) is 0 Å². The maximum atomic E-state index is 11.1. The van der Waals surface area contributed by atoms with Gasteiger partial charge in [-0.1, -0.05) is 44.2 Å². The van der Waals surface area contributed by atoms with Crippen LogP contribution in [-0.4, -0.2) is 10.0 Å². The van der Waals surface area contributed by atoms with E-state index in [9.17, 15) is 15.2 Å². The summed E-state index contributed by atoms with van der Waals surface area (Å²) in [5, 5.41) is 21.1. The molecule has 2 aromatic rings. The zero-order valence-corrected chi connectivity index (χ0v) is 10.8. The lowest BCUT2D eigenvalue weighted by atomic mass is 9.91. The molecule has 0 spiro atoms. The van der Waals surface area contributed by atoms with Crippen LogP contribution in [0.3, 0.4) is 0 Å². The van der Waals surface area contributed by atoms with E-state index in [1.54, 1.807) is 6.07 Å². The van der Waals surface area contributed by atoms with Crippen LogP contribution in [0.2, 0.25) is 0 Å². The van der Waals surface area contributed by atoms with Gasteiger partial charge < -0.3 is 5.11 Å². The summed E-state index contributed by atoms with van der Waals surface area (Å²) in [5.41, 5.74) is 1.90. The van der Waals surface area contributed by atoms with Crippen molar-refractivity contribution in [2.24, 2.45) is 0 Å². The van der Waals surface area contributed by atoms with E-state index < -0.39 is 4.92 Å². The summed E-state index contributed by atoms with van der Waals surface area (Å²) >= 11 is 0. The van der Waals surface area contributed by atoms with E-state index >= 15 is 0 Å². The van der Waals surface area contributed by atoms with Gasteiger partial charge in [0.1, 0.15) is 11.3 Å². The number of nitrogens with zero attached hydrogens (tertiary/aromatic N) is 1. The highest BCUT2D eigenvalue weighted by molar-refractivity contribution is 5.81. The Morgan fingerprint density at radius 2 is 1.79 bits per heavy atom. The topological polar surface area (TPSA) is 63.4 Å². The normalized spacial score (nSPS) is 10.7. The predicted octanol–water partition coefficient (Wildman–Crippen LogP) is 4.09. The molecule has 2 aromatic carbocycles. The Balaban J connectivity index is 2.75. The Morgan fingerprint density at radius 1 is 1.11 bits per heavy atom. The molecule has 0 aliphatic rings. The van der Waals surface area contributed by atoms with E-state index in [0.29, 0.717) is 5.56 Å². The van der Waals surface area contributed by atoms with Crippen LogP contribution in [0.15, 0.2) is 42.5 Å². The molecule has 98 valence electrons. The van der Waals surface area contributed by atoms with Crippen LogP contribution in [0, 0.1) is 10.1 Å². The molecular weight excluding hydrogens is 242 g/mol. The van der Waals surface area contributed by atoms with Gasteiger partial charge >= 0.3 is 0 Å². The van der Waals surface area contributed by atoms with Crippen LogP contribution in [0.5, 0.6) is 5.75 Å². The van der Waals surface area contributed by atoms with E-state index in [2.05, 4.69) is 0 Å². The molecular formula is C15H15NO3. The van der Waals surface area contributed by atoms with Gasteiger partial charge in [0.05, 0.1) is 4.92 Å². The van der Waals surface area contributed by atoms with E-state index in [0.717, 1.165) is 5.56 Å². The highest BCUT2D eigenvalue weighted by atomic mass is 16.6. The fraction of sp³-hybridized carbons (Fsp3) is 0.200. The van der Waals surface area contributed by atoms with Gasteiger partial charge in [-0.05, 0) is 23.1 Å². The lowest BCUT2D eigenvalue weighted by Gasteiger charge is -2.13. The summed E-state index contributed by atoms with van der Waals surface area (Å²) in [6.07, 6.45) is 0. The van der Waals surface area contributed by atoms with Gasteiger partial charge in [0.2, 0.25) is 0 Å². The van der Waals surface area contributed by atoms with Gasteiger partial charge in [-0.25, -0.2) is 0 Å². The van der Waals surface area contributed by atoms with Crippen molar-refractivity contribution in [3.63, 3.8) is 0 Å². The second-order valence-electron chi connectivity index (χ2n) is 4.67. The largest absolute Gasteiger partial charge is 0.507 e. The van der Waals surface area contributed by atoms with Crippen molar-refractivity contribution in [1.29, 1.82) is 0 Å². The maximum absolute atomic E-state index is 11.1. The summed E-state index contributed by atoms with van der Waals surface area (Å²) in [7, 11) is 0. The molecule has 0 unspecified atom stereocenters. The molecule has 0 aliphatic carbocycles. The van der Waals surface area contributed by atoms with Crippen molar-refractivity contribution in [2.45, 2.75) is 19.8 Å². The minimum atomic E-state index is -0.466. The molecule has 2 rings (SSSR count). The van der Waals surface area contributed by atoms with Gasteiger partial charge in [0.25, 0.3) is 5.69 Å². The lowest BCUT2D eigenvalue weighted by molar-refractivity contribution is -0.384. The predicted molar refractivity (Wildman–Crippen MR) is 74.3 cm³/mol. The number of phenols is 1. The maximum Gasteiger partial charge on any atom is 0.280 e. The number of nitro groups is 1. The van der Waals surface area contributed by atoms with Gasteiger partial charge in [-0.3, -0.25) is 10.1 Å². The molecule has 0 saturated heterocycles. The van der Waals surface area contributed by atoms with Crippen molar-refractivity contribution < 1.29 is 10.0 Å². The second-order valence-corrected chi connectivity index (χ2v) is 4.67. The van der Waals surface area contributed by atoms with Crippen LogP contribution in [0.4, 0.5) is 5.69 Å². The van der Waals surface area contributed by atoms with Crippen molar-refractivity contribution in [1.82, 2.24) is 0 Å². The number of aromatic hydroxyl groups is 1. The average Bonchev–Trinajstić information content (AvgIpc) is 2.38. The smallest absolute Gasteiger partial charge is 0.280 e. The molecule has 4 heteroatoms. The Labute approximate surface area is 111 Å². The zero-order chi connectivity index (χ0) is 14.0. The first-order chi connectivity index (χ1) is 9.02. The van der Waals surface area contributed by atoms with Gasteiger partial charge in [0.15, 0.2) is 0 Å². The third kappa shape index (κ3) is 2.42. The minimum Gasteiger partial charge on any atom is -0.507 e. The molecule has 4 nitrogen and oxygen atoms in total. The van der Waals surface area contributed by atoms with Crippen LogP contribution >= 0.6 is 0 Å². The highest BCUT2D eigenvalue weighted by Crippen LogP contribution is 2.40. The molecule has 0 aliphatic heterocycles. The summed E-state index contributed by atoms with van der Waals surface area (Å²) in [6, 6.07) is 11.8. The number of rotatable bonds is 3. The number of hydrogen-bond donors (Lipinski definition) is 1. The van der Waals surface area contributed by atoms with Crippen LogP contribution in [-0.2, 0) is 0 Å². The number of phenolic OH excluding ortho intramolecular Hbond substituents is 1. The third-order valence-electron chi connectivity index (χ3n) is 3.07. The first-order valence-corrected chi connectivity index (χ1v) is 6.08. The Hall–Kier alpha value is -2.36. The highest BCUT2D eigenvalue weighted by Gasteiger charge is 2.21. The van der Waals surface area contributed by atoms with Crippen molar-refractivity contribution in [2.75, 3.05) is 0 Å². The fourth-order valence-corrected chi connectivity index (χ4v) is 2.18. The number of nitro benzene ring substituents is 1. The first kappa shape index (κ1) is 13.1. The molecule has 0 atom stereocenters. The molecule has 0 amide bonds.